The summed E-state index contributed by atoms with van der Waals surface area (Å²) in [6.07, 6.45) is 6.85. The smallest absolute Gasteiger partial charge is 0.308 e. The molecule has 0 aromatic heterocycles. The van der Waals surface area contributed by atoms with Crippen molar-refractivity contribution < 1.29 is 24.0 Å². The molecular weight excluding hydrogens is 464 g/mol. The average molecular weight is 499 g/mol. The van der Waals surface area contributed by atoms with E-state index >= 15 is 0 Å². The Morgan fingerprint density at radius 1 is 0.972 bits per heavy atom. The lowest BCUT2D eigenvalue weighted by atomic mass is 9.49. The number of anilines is 1. The number of nitro benzene ring substituents is 1. The van der Waals surface area contributed by atoms with Crippen molar-refractivity contribution in [1.82, 2.24) is 10.2 Å². The number of carbonyl (C=O) groups is 3. The molecule has 5 fully saturated rings. The van der Waals surface area contributed by atoms with Crippen LogP contribution >= 0.6 is 0 Å². The molecule has 4 bridgehead atoms. The molecule has 0 unspecified atom stereocenters. The van der Waals surface area contributed by atoms with Crippen molar-refractivity contribution in [3.63, 3.8) is 0 Å². The fourth-order valence-corrected chi connectivity index (χ4v) is 7.16. The Hall–Kier alpha value is -3.17. The molecule has 0 atom stereocenters. The molecule has 4 saturated carbocycles. The van der Waals surface area contributed by atoms with E-state index in [-0.39, 0.29) is 42.5 Å². The third-order valence-corrected chi connectivity index (χ3v) is 8.55. The summed E-state index contributed by atoms with van der Waals surface area (Å²) in [6.45, 7) is 2.07. The highest BCUT2D eigenvalue weighted by atomic mass is 16.6. The normalized spacial score (nSPS) is 28.6. The summed E-state index contributed by atoms with van der Waals surface area (Å²) in [6, 6.07) is 6.36. The van der Waals surface area contributed by atoms with Gasteiger partial charge in [0.25, 0.3) is 11.6 Å². The van der Waals surface area contributed by atoms with Crippen LogP contribution in [-0.4, -0.2) is 66.9 Å². The predicted molar refractivity (Wildman–Crippen MR) is 131 cm³/mol. The summed E-state index contributed by atoms with van der Waals surface area (Å²) in [5.74, 6) is 1.43. The SMILES string of the molecule is O=C(CCNC(=O)C12CC3CC(CC(C3)C1)C2)OCC(=O)N1CCN(c2ccc([N+](=O)[O-])cc2)CC1. The summed E-state index contributed by atoms with van der Waals surface area (Å²) >= 11 is 0. The van der Waals surface area contributed by atoms with Crippen LogP contribution in [0.3, 0.4) is 0 Å². The minimum atomic E-state index is -0.487. The Balaban J connectivity index is 0.995. The Kier molecular flexibility index (Phi) is 6.85. The largest absolute Gasteiger partial charge is 0.456 e. The number of ether oxygens (including phenoxy) is 1. The molecule has 36 heavy (non-hydrogen) atoms. The zero-order valence-electron chi connectivity index (χ0n) is 20.5. The first kappa shape index (κ1) is 24.5. The van der Waals surface area contributed by atoms with Gasteiger partial charge in [0.2, 0.25) is 5.91 Å². The number of esters is 1. The topological polar surface area (TPSA) is 122 Å². The van der Waals surface area contributed by atoms with E-state index in [0.717, 1.165) is 24.9 Å². The van der Waals surface area contributed by atoms with Crippen LogP contribution in [0.5, 0.6) is 0 Å². The molecule has 0 spiro atoms. The Labute approximate surface area is 210 Å². The van der Waals surface area contributed by atoms with Gasteiger partial charge in [-0.15, -0.1) is 0 Å². The molecular formula is C26H34N4O6. The Bertz CT molecular complexity index is 982. The second-order valence-electron chi connectivity index (χ2n) is 11.0. The number of amides is 2. The van der Waals surface area contributed by atoms with Crippen LogP contribution in [0.2, 0.25) is 0 Å². The number of benzene rings is 1. The first-order valence-electron chi connectivity index (χ1n) is 13.0. The first-order chi connectivity index (χ1) is 17.3. The quantitative estimate of drug-likeness (QED) is 0.332. The van der Waals surface area contributed by atoms with Gasteiger partial charge in [-0.1, -0.05) is 0 Å². The monoisotopic (exact) mass is 498 g/mol. The van der Waals surface area contributed by atoms with Crippen LogP contribution in [0.4, 0.5) is 11.4 Å². The lowest BCUT2D eigenvalue weighted by Gasteiger charge is -2.55. The predicted octanol–water partition coefficient (Wildman–Crippen LogP) is 2.51. The van der Waals surface area contributed by atoms with E-state index in [1.165, 1.54) is 31.4 Å². The van der Waals surface area contributed by atoms with Gasteiger partial charge in [0.05, 0.1) is 11.3 Å². The minimum absolute atomic E-state index is 0.0432. The van der Waals surface area contributed by atoms with Gasteiger partial charge in [-0.2, -0.15) is 0 Å². The number of piperazine rings is 1. The fraction of sp³-hybridized carbons (Fsp3) is 0.654. The van der Waals surface area contributed by atoms with Gasteiger partial charge in [0.15, 0.2) is 6.61 Å². The summed E-state index contributed by atoms with van der Waals surface area (Å²) < 4.78 is 5.18. The number of rotatable bonds is 8. The van der Waals surface area contributed by atoms with Crippen molar-refractivity contribution >= 4 is 29.2 Å². The van der Waals surface area contributed by atoms with Crippen LogP contribution in [0.15, 0.2) is 24.3 Å². The maximum atomic E-state index is 13.0. The van der Waals surface area contributed by atoms with Crippen LogP contribution < -0.4 is 10.2 Å². The first-order valence-corrected chi connectivity index (χ1v) is 13.0. The number of hydrogen-bond acceptors (Lipinski definition) is 7. The van der Waals surface area contributed by atoms with Gasteiger partial charge in [-0.25, -0.2) is 0 Å². The summed E-state index contributed by atoms with van der Waals surface area (Å²) in [4.78, 5) is 51.7. The van der Waals surface area contributed by atoms with Crippen LogP contribution in [-0.2, 0) is 19.1 Å². The number of nitrogens with one attached hydrogen (secondary N) is 1. The van der Waals surface area contributed by atoms with Crippen LogP contribution in [0, 0.1) is 33.3 Å². The van der Waals surface area contributed by atoms with Gasteiger partial charge >= 0.3 is 5.97 Å². The van der Waals surface area contributed by atoms with E-state index in [1.807, 2.05) is 0 Å². The lowest BCUT2D eigenvalue weighted by molar-refractivity contribution is -0.384. The fourth-order valence-electron chi connectivity index (χ4n) is 7.16. The van der Waals surface area contributed by atoms with Crippen molar-refractivity contribution in [2.45, 2.75) is 44.9 Å². The van der Waals surface area contributed by atoms with Crippen LogP contribution in [0.1, 0.15) is 44.9 Å². The van der Waals surface area contributed by atoms with E-state index in [9.17, 15) is 24.5 Å². The van der Waals surface area contributed by atoms with Gasteiger partial charge in [0.1, 0.15) is 0 Å². The Morgan fingerprint density at radius 3 is 2.11 bits per heavy atom. The third kappa shape index (κ3) is 5.17. The maximum absolute atomic E-state index is 13.0. The lowest BCUT2D eigenvalue weighted by Crippen LogP contribution is -2.53. The van der Waals surface area contributed by atoms with Crippen molar-refractivity contribution in [1.29, 1.82) is 0 Å². The molecule has 6 rings (SSSR count). The molecule has 1 aliphatic heterocycles. The van der Waals surface area contributed by atoms with Gasteiger partial charge in [-0.3, -0.25) is 24.5 Å². The van der Waals surface area contributed by atoms with Crippen molar-refractivity contribution in [3.8, 4) is 0 Å². The summed E-state index contributed by atoms with van der Waals surface area (Å²) in [5.41, 5.74) is 0.682. The number of non-ortho nitro benzene ring substituents is 1. The van der Waals surface area contributed by atoms with Crippen molar-refractivity contribution in [2.24, 2.45) is 23.2 Å². The molecule has 10 heteroatoms. The zero-order chi connectivity index (χ0) is 25.3. The Morgan fingerprint density at radius 2 is 1.56 bits per heavy atom. The van der Waals surface area contributed by atoms with E-state index in [2.05, 4.69) is 10.2 Å². The van der Waals surface area contributed by atoms with Gasteiger partial charge in [0, 0.05) is 56.0 Å². The molecule has 2 amide bonds. The maximum Gasteiger partial charge on any atom is 0.308 e. The molecule has 1 saturated heterocycles. The molecule has 4 aliphatic carbocycles. The standard InChI is InChI=1S/C26H34N4O6/c31-23(29-9-7-28(8-10-29)21-1-3-22(4-2-21)30(34)35)17-36-24(32)5-6-27-25(33)26-14-18-11-19(15-26)13-20(12-18)16-26/h1-4,18-20H,5-17H2,(H,27,33). The van der Waals surface area contributed by atoms with E-state index < -0.39 is 10.9 Å². The van der Waals surface area contributed by atoms with E-state index in [0.29, 0.717) is 43.9 Å². The minimum Gasteiger partial charge on any atom is -0.456 e. The number of hydrogen-bond donors (Lipinski definition) is 1. The summed E-state index contributed by atoms with van der Waals surface area (Å²) in [7, 11) is 0. The molecule has 1 N–H and O–H groups in total. The highest BCUT2D eigenvalue weighted by Gasteiger charge is 2.54. The molecule has 1 heterocycles. The van der Waals surface area contributed by atoms with Crippen LogP contribution in [0.25, 0.3) is 0 Å². The second kappa shape index (κ2) is 10.1. The molecule has 10 nitrogen and oxygen atoms in total. The highest BCUT2D eigenvalue weighted by Crippen LogP contribution is 2.60. The molecule has 1 aromatic rings. The summed E-state index contributed by atoms with van der Waals surface area (Å²) in [5, 5.41) is 13.8. The number of carbonyl (C=O) groups excluding carboxylic acids is 3. The highest BCUT2D eigenvalue weighted by molar-refractivity contribution is 5.84. The van der Waals surface area contributed by atoms with E-state index in [1.54, 1.807) is 17.0 Å². The third-order valence-electron chi connectivity index (χ3n) is 8.55. The van der Waals surface area contributed by atoms with E-state index in [4.69, 9.17) is 4.74 Å². The van der Waals surface area contributed by atoms with Crippen molar-refractivity contribution in [3.05, 3.63) is 34.4 Å². The molecule has 0 radical (unpaired) electrons. The van der Waals surface area contributed by atoms with Crippen molar-refractivity contribution in [2.75, 3.05) is 44.2 Å². The second-order valence-corrected chi connectivity index (χ2v) is 11.0. The molecule has 194 valence electrons. The number of nitrogens with zero attached hydrogens (tertiary/aromatic N) is 3. The number of nitro groups is 1. The molecule has 5 aliphatic rings. The average Bonchev–Trinajstić information content (AvgIpc) is 2.86. The molecule has 1 aromatic carbocycles. The van der Waals surface area contributed by atoms with Gasteiger partial charge in [-0.05, 0) is 68.4 Å². The van der Waals surface area contributed by atoms with Gasteiger partial charge < -0.3 is 19.9 Å². The zero-order valence-corrected chi connectivity index (χ0v) is 20.5.